The number of halogens is 2. The fourth-order valence-corrected chi connectivity index (χ4v) is 5.19. The molecule has 0 atom stereocenters. The van der Waals surface area contributed by atoms with Crippen molar-refractivity contribution in [3.8, 4) is 0 Å². The number of carbonyl (C=O) groups excluding carboxylic acids is 2. The summed E-state index contributed by atoms with van der Waals surface area (Å²) in [6, 6.07) is 10.2. The number of amides is 1. The number of hydrogen-bond acceptors (Lipinski definition) is 5. The van der Waals surface area contributed by atoms with Crippen LogP contribution in [0.25, 0.3) is 0 Å². The van der Waals surface area contributed by atoms with Crippen LogP contribution in [-0.4, -0.2) is 30.0 Å². The lowest BCUT2D eigenvalue weighted by Gasteiger charge is -2.10. The molecule has 0 unspecified atom stereocenters. The Labute approximate surface area is 157 Å². The van der Waals surface area contributed by atoms with E-state index in [0.717, 1.165) is 29.2 Å². The van der Waals surface area contributed by atoms with E-state index in [4.69, 9.17) is 4.74 Å². The van der Waals surface area contributed by atoms with Crippen molar-refractivity contribution in [1.82, 2.24) is 0 Å². The van der Waals surface area contributed by atoms with E-state index in [2.05, 4.69) is 5.32 Å². The molecule has 0 spiro atoms. The second kappa shape index (κ2) is 8.55. The third-order valence-electron chi connectivity index (χ3n) is 3.60. The standard InChI is InChI=1S/C18H15F2NO3S2/c19-13-2-1-3-14(20)16(13)21-15(22)10-24-17(23)11-4-6-12(7-5-11)18-25-8-9-26-18/h1-7,18H,8-10H2,(H,21,22). The van der Waals surface area contributed by atoms with E-state index < -0.39 is 35.8 Å². The Balaban J connectivity index is 1.54. The SMILES string of the molecule is O=C(COC(=O)c1ccc(C2SCCS2)cc1)Nc1c(F)cccc1F. The minimum atomic E-state index is -0.900. The van der Waals surface area contributed by atoms with Crippen molar-refractivity contribution < 1.29 is 23.1 Å². The van der Waals surface area contributed by atoms with Gasteiger partial charge in [-0.15, -0.1) is 23.5 Å². The highest BCUT2D eigenvalue weighted by atomic mass is 32.2. The van der Waals surface area contributed by atoms with E-state index in [-0.39, 0.29) is 0 Å². The Kier molecular flexibility index (Phi) is 6.16. The highest BCUT2D eigenvalue weighted by Gasteiger charge is 2.19. The molecule has 1 aliphatic rings. The van der Waals surface area contributed by atoms with Crippen LogP contribution in [0.15, 0.2) is 42.5 Å². The summed E-state index contributed by atoms with van der Waals surface area (Å²) in [6.45, 7) is -0.636. The minimum absolute atomic E-state index is 0.312. The van der Waals surface area contributed by atoms with Crippen LogP contribution >= 0.6 is 23.5 Å². The maximum Gasteiger partial charge on any atom is 0.338 e. The third-order valence-corrected chi connectivity index (χ3v) is 6.71. The fraction of sp³-hybridized carbons (Fsp3) is 0.222. The first-order valence-corrected chi connectivity index (χ1v) is 9.88. The maximum atomic E-state index is 13.5. The molecule has 0 radical (unpaired) electrons. The topological polar surface area (TPSA) is 55.4 Å². The molecule has 4 nitrogen and oxygen atoms in total. The maximum absolute atomic E-state index is 13.5. The van der Waals surface area contributed by atoms with Crippen LogP contribution in [0.1, 0.15) is 20.5 Å². The van der Waals surface area contributed by atoms with Gasteiger partial charge in [0.1, 0.15) is 17.3 Å². The number of rotatable bonds is 5. The van der Waals surface area contributed by atoms with Crippen molar-refractivity contribution >= 4 is 41.1 Å². The van der Waals surface area contributed by atoms with Crippen LogP contribution in [0, 0.1) is 11.6 Å². The number of esters is 1. The first kappa shape index (κ1) is 18.7. The molecule has 1 fully saturated rings. The van der Waals surface area contributed by atoms with Crippen molar-refractivity contribution in [2.24, 2.45) is 0 Å². The Bertz CT molecular complexity index is 788. The van der Waals surface area contributed by atoms with Crippen LogP contribution in [0.5, 0.6) is 0 Å². The lowest BCUT2D eigenvalue weighted by Crippen LogP contribution is -2.22. The lowest BCUT2D eigenvalue weighted by molar-refractivity contribution is -0.119. The van der Waals surface area contributed by atoms with Gasteiger partial charge in [-0.2, -0.15) is 0 Å². The molecule has 2 aromatic carbocycles. The van der Waals surface area contributed by atoms with Gasteiger partial charge in [-0.3, -0.25) is 4.79 Å². The van der Waals surface area contributed by atoms with Crippen molar-refractivity contribution in [2.75, 3.05) is 23.4 Å². The Hall–Kier alpha value is -2.06. The van der Waals surface area contributed by atoms with Crippen LogP contribution in [0.4, 0.5) is 14.5 Å². The molecular formula is C18H15F2NO3S2. The van der Waals surface area contributed by atoms with Gasteiger partial charge in [0.05, 0.1) is 10.1 Å². The molecule has 1 heterocycles. The second-order valence-electron chi connectivity index (χ2n) is 5.42. The van der Waals surface area contributed by atoms with Gasteiger partial charge in [0, 0.05) is 11.5 Å². The smallest absolute Gasteiger partial charge is 0.338 e. The molecule has 136 valence electrons. The number of benzene rings is 2. The van der Waals surface area contributed by atoms with Crippen LogP contribution in [0.2, 0.25) is 0 Å². The third kappa shape index (κ3) is 4.56. The number of nitrogens with one attached hydrogen (secondary N) is 1. The minimum Gasteiger partial charge on any atom is -0.452 e. The van der Waals surface area contributed by atoms with E-state index in [0.29, 0.717) is 10.1 Å². The van der Waals surface area contributed by atoms with Crippen LogP contribution in [0.3, 0.4) is 0 Å². The molecule has 3 rings (SSSR count). The van der Waals surface area contributed by atoms with Gasteiger partial charge in [-0.25, -0.2) is 13.6 Å². The van der Waals surface area contributed by atoms with Crippen molar-refractivity contribution in [3.05, 3.63) is 65.2 Å². The van der Waals surface area contributed by atoms with E-state index in [9.17, 15) is 18.4 Å². The number of para-hydroxylation sites is 1. The summed E-state index contributed by atoms with van der Waals surface area (Å²) in [5, 5.41) is 2.06. The monoisotopic (exact) mass is 395 g/mol. The molecule has 0 aromatic heterocycles. The Morgan fingerprint density at radius 3 is 2.27 bits per heavy atom. The lowest BCUT2D eigenvalue weighted by atomic mass is 10.1. The van der Waals surface area contributed by atoms with Gasteiger partial charge < -0.3 is 10.1 Å². The summed E-state index contributed by atoms with van der Waals surface area (Å²) >= 11 is 3.72. The van der Waals surface area contributed by atoms with Crippen LogP contribution < -0.4 is 5.32 Å². The molecule has 1 saturated heterocycles. The number of ether oxygens (including phenoxy) is 1. The predicted molar refractivity (Wildman–Crippen MR) is 99.4 cm³/mol. The molecule has 1 aliphatic heterocycles. The summed E-state index contributed by atoms with van der Waals surface area (Å²) in [5.41, 5.74) is 0.873. The number of anilines is 1. The van der Waals surface area contributed by atoms with Crippen molar-refractivity contribution in [1.29, 1.82) is 0 Å². The summed E-state index contributed by atoms with van der Waals surface area (Å²) in [5.74, 6) is -1.08. The molecule has 0 bridgehead atoms. The number of thioether (sulfide) groups is 2. The normalized spacial score (nSPS) is 14.2. The first-order valence-electron chi connectivity index (χ1n) is 7.79. The Morgan fingerprint density at radius 1 is 1.04 bits per heavy atom. The van der Waals surface area contributed by atoms with Gasteiger partial charge in [0.2, 0.25) is 0 Å². The Morgan fingerprint density at radius 2 is 1.65 bits per heavy atom. The molecular weight excluding hydrogens is 380 g/mol. The predicted octanol–water partition coefficient (Wildman–Crippen LogP) is 4.24. The summed E-state index contributed by atoms with van der Waals surface area (Å²) in [4.78, 5) is 23.8. The quantitative estimate of drug-likeness (QED) is 0.768. The first-order chi connectivity index (χ1) is 12.5. The van der Waals surface area contributed by atoms with Gasteiger partial charge in [-0.1, -0.05) is 18.2 Å². The summed E-state index contributed by atoms with van der Waals surface area (Å²) in [6.07, 6.45) is 0. The van der Waals surface area contributed by atoms with Gasteiger partial charge in [0.25, 0.3) is 5.91 Å². The molecule has 1 amide bonds. The van der Waals surface area contributed by atoms with Crippen molar-refractivity contribution in [2.45, 2.75) is 4.58 Å². The zero-order valence-electron chi connectivity index (χ0n) is 13.5. The highest BCUT2D eigenvalue weighted by molar-refractivity contribution is 8.19. The van der Waals surface area contributed by atoms with Gasteiger partial charge in [-0.05, 0) is 29.8 Å². The highest BCUT2D eigenvalue weighted by Crippen LogP contribution is 2.45. The van der Waals surface area contributed by atoms with Crippen LogP contribution in [-0.2, 0) is 9.53 Å². The molecule has 8 heteroatoms. The van der Waals surface area contributed by atoms with Gasteiger partial charge in [0.15, 0.2) is 6.61 Å². The van der Waals surface area contributed by atoms with E-state index >= 15 is 0 Å². The number of carbonyl (C=O) groups is 2. The fourth-order valence-electron chi connectivity index (χ4n) is 2.33. The zero-order valence-corrected chi connectivity index (χ0v) is 15.2. The number of hydrogen-bond donors (Lipinski definition) is 1. The molecule has 0 aliphatic carbocycles. The summed E-state index contributed by atoms with van der Waals surface area (Å²) < 4.78 is 32.2. The average molecular weight is 395 g/mol. The second-order valence-corrected chi connectivity index (χ2v) is 8.14. The van der Waals surface area contributed by atoms with E-state index in [1.165, 1.54) is 6.07 Å². The molecule has 2 aromatic rings. The van der Waals surface area contributed by atoms with E-state index in [1.807, 2.05) is 35.7 Å². The van der Waals surface area contributed by atoms with Crippen molar-refractivity contribution in [3.63, 3.8) is 0 Å². The summed E-state index contributed by atoms with van der Waals surface area (Å²) in [7, 11) is 0. The largest absolute Gasteiger partial charge is 0.452 e. The molecule has 26 heavy (non-hydrogen) atoms. The molecule has 0 saturated carbocycles. The van der Waals surface area contributed by atoms with E-state index in [1.54, 1.807) is 12.1 Å². The molecule has 1 N–H and O–H groups in total. The average Bonchev–Trinajstić information content (AvgIpc) is 3.18. The van der Waals surface area contributed by atoms with Gasteiger partial charge >= 0.3 is 5.97 Å². The zero-order chi connectivity index (χ0) is 18.5.